The Morgan fingerprint density at radius 1 is 1.29 bits per heavy atom. The lowest BCUT2D eigenvalue weighted by molar-refractivity contribution is -0.116. The van der Waals surface area contributed by atoms with Gasteiger partial charge in [-0.25, -0.2) is 0 Å². The second kappa shape index (κ2) is 5.96. The molecule has 4 rings (SSSR count). The molecule has 2 aliphatic rings. The molecule has 1 fully saturated rings. The van der Waals surface area contributed by atoms with Crippen LogP contribution in [0, 0.1) is 6.92 Å². The first-order valence-electron chi connectivity index (χ1n) is 8.72. The molecule has 0 spiro atoms. The molecule has 2 heterocycles. The summed E-state index contributed by atoms with van der Waals surface area (Å²) in [6.07, 6.45) is 5.58. The molecular weight excluding hydrogens is 302 g/mol. The van der Waals surface area contributed by atoms with Gasteiger partial charge in [-0.3, -0.25) is 9.48 Å². The molecular formula is C19H23N3O2. The second-order valence-electron chi connectivity index (χ2n) is 6.87. The first-order valence-corrected chi connectivity index (χ1v) is 8.72. The van der Waals surface area contributed by atoms with Crippen LogP contribution in [-0.2, 0) is 11.8 Å². The summed E-state index contributed by atoms with van der Waals surface area (Å²) in [5, 5.41) is 7.43. The van der Waals surface area contributed by atoms with E-state index in [1.165, 1.54) is 12.8 Å². The Balaban J connectivity index is 1.67. The maximum Gasteiger partial charge on any atom is 0.226 e. The number of hydrogen-bond acceptors (Lipinski definition) is 3. The van der Waals surface area contributed by atoms with Gasteiger partial charge in [0.25, 0.3) is 0 Å². The normalized spacial score (nSPS) is 20.8. The van der Waals surface area contributed by atoms with Gasteiger partial charge in [-0.15, -0.1) is 0 Å². The van der Waals surface area contributed by atoms with E-state index in [0.717, 1.165) is 41.2 Å². The Kier molecular flexibility index (Phi) is 3.79. The summed E-state index contributed by atoms with van der Waals surface area (Å²) in [4.78, 5) is 12.2. The van der Waals surface area contributed by atoms with E-state index < -0.39 is 0 Å². The molecule has 5 heteroatoms. The van der Waals surface area contributed by atoms with Gasteiger partial charge in [-0.05, 0) is 50.3 Å². The number of carbonyl (C=O) groups is 1. The van der Waals surface area contributed by atoms with Gasteiger partial charge < -0.3 is 10.1 Å². The molecule has 1 aliphatic carbocycles. The van der Waals surface area contributed by atoms with Crippen molar-refractivity contribution in [1.29, 1.82) is 0 Å². The lowest BCUT2D eigenvalue weighted by Gasteiger charge is -2.24. The van der Waals surface area contributed by atoms with Crippen LogP contribution in [0.25, 0.3) is 0 Å². The van der Waals surface area contributed by atoms with Crippen molar-refractivity contribution < 1.29 is 9.53 Å². The third kappa shape index (κ3) is 2.68. The maximum atomic E-state index is 12.2. The van der Waals surface area contributed by atoms with E-state index in [2.05, 4.69) is 22.5 Å². The summed E-state index contributed by atoms with van der Waals surface area (Å²) in [5.74, 6) is 1.80. The minimum Gasteiger partial charge on any atom is -0.490 e. The van der Waals surface area contributed by atoms with Crippen LogP contribution in [0.5, 0.6) is 5.75 Å². The largest absolute Gasteiger partial charge is 0.490 e. The van der Waals surface area contributed by atoms with Crippen molar-refractivity contribution in [1.82, 2.24) is 9.78 Å². The SMILES string of the molecule is Cc1nn(C)c2c1[C@H](c1cccc(OC3CCCC3)c1)CC(=O)N2. The lowest BCUT2D eigenvalue weighted by Crippen LogP contribution is -2.24. The highest BCUT2D eigenvalue weighted by atomic mass is 16.5. The number of anilines is 1. The van der Waals surface area contributed by atoms with E-state index in [1.807, 2.05) is 26.1 Å². The van der Waals surface area contributed by atoms with Gasteiger partial charge in [0, 0.05) is 24.9 Å². The fourth-order valence-corrected chi connectivity index (χ4v) is 4.00. The number of amides is 1. The fraction of sp³-hybridized carbons (Fsp3) is 0.474. The molecule has 0 radical (unpaired) electrons. The zero-order chi connectivity index (χ0) is 16.7. The highest BCUT2D eigenvalue weighted by Gasteiger charge is 2.31. The molecule has 0 saturated heterocycles. The molecule has 0 bridgehead atoms. The number of hydrogen-bond donors (Lipinski definition) is 1. The highest BCUT2D eigenvalue weighted by molar-refractivity contribution is 5.94. The van der Waals surface area contributed by atoms with Gasteiger partial charge in [0.05, 0.1) is 11.8 Å². The predicted molar refractivity (Wildman–Crippen MR) is 92.4 cm³/mol. The summed E-state index contributed by atoms with van der Waals surface area (Å²) < 4.78 is 7.89. The van der Waals surface area contributed by atoms with Crippen LogP contribution < -0.4 is 10.1 Å². The molecule has 1 atom stereocenters. The molecule has 1 aromatic heterocycles. The van der Waals surface area contributed by atoms with Crippen molar-refractivity contribution in [2.45, 2.75) is 51.0 Å². The summed E-state index contributed by atoms with van der Waals surface area (Å²) in [5.41, 5.74) is 3.22. The second-order valence-corrected chi connectivity index (χ2v) is 6.87. The predicted octanol–water partition coefficient (Wildman–Crippen LogP) is 3.52. The minimum atomic E-state index is 0.0366. The zero-order valence-corrected chi connectivity index (χ0v) is 14.2. The van der Waals surface area contributed by atoms with Crippen molar-refractivity contribution in [3.63, 3.8) is 0 Å². The van der Waals surface area contributed by atoms with Crippen LogP contribution in [0.3, 0.4) is 0 Å². The molecule has 1 aromatic carbocycles. The average Bonchev–Trinajstić information content (AvgIpc) is 3.16. The Bertz CT molecular complexity index is 775. The van der Waals surface area contributed by atoms with Gasteiger partial charge in [0.1, 0.15) is 11.6 Å². The number of fused-ring (bicyclic) bond motifs is 1. The molecule has 1 amide bonds. The third-order valence-electron chi connectivity index (χ3n) is 5.13. The highest BCUT2D eigenvalue weighted by Crippen LogP contribution is 2.39. The lowest BCUT2D eigenvalue weighted by atomic mass is 9.86. The van der Waals surface area contributed by atoms with Crippen molar-refractivity contribution in [2.75, 3.05) is 5.32 Å². The molecule has 2 aromatic rings. The number of aromatic nitrogens is 2. The van der Waals surface area contributed by atoms with Crippen molar-refractivity contribution >= 4 is 11.7 Å². The molecule has 5 nitrogen and oxygen atoms in total. The molecule has 1 aliphatic heterocycles. The van der Waals surface area contributed by atoms with E-state index in [0.29, 0.717) is 12.5 Å². The summed E-state index contributed by atoms with van der Waals surface area (Å²) in [6.45, 7) is 2.00. The molecule has 1 saturated carbocycles. The summed E-state index contributed by atoms with van der Waals surface area (Å²) in [6, 6.07) is 8.22. The number of carbonyl (C=O) groups excluding carboxylic acids is 1. The van der Waals surface area contributed by atoms with Gasteiger partial charge in [-0.2, -0.15) is 5.10 Å². The van der Waals surface area contributed by atoms with Gasteiger partial charge >= 0.3 is 0 Å². The van der Waals surface area contributed by atoms with E-state index in [9.17, 15) is 4.79 Å². The van der Waals surface area contributed by atoms with Crippen LogP contribution in [0.4, 0.5) is 5.82 Å². The average molecular weight is 325 g/mol. The smallest absolute Gasteiger partial charge is 0.226 e. The van der Waals surface area contributed by atoms with E-state index >= 15 is 0 Å². The van der Waals surface area contributed by atoms with Crippen LogP contribution in [0.2, 0.25) is 0 Å². The number of ether oxygens (including phenoxy) is 1. The van der Waals surface area contributed by atoms with Crippen molar-refractivity contribution in [3.05, 3.63) is 41.1 Å². The van der Waals surface area contributed by atoms with Crippen LogP contribution >= 0.6 is 0 Å². The number of nitrogens with one attached hydrogen (secondary N) is 1. The number of nitrogens with zero attached hydrogens (tertiary/aromatic N) is 2. The van der Waals surface area contributed by atoms with E-state index in [1.54, 1.807) is 4.68 Å². The molecule has 126 valence electrons. The number of aryl methyl sites for hydroxylation is 2. The standard InChI is InChI=1S/C19H23N3O2/c1-12-18-16(11-17(23)20-19(18)22(2)21-12)13-6-5-9-15(10-13)24-14-7-3-4-8-14/h5-6,9-10,14,16H,3-4,7-8,11H2,1-2H3,(H,20,23)/t16-/m0/s1. The molecule has 0 unspecified atom stereocenters. The Morgan fingerprint density at radius 3 is 2.88 bits per heavy atom. The van der Waals surface area contributed by atoms with Gasteiger partial charge in [-0.1, -0.05) is 12.1 Å². The Hall–Kier alpha value is -2.30. The Morgan fingerprint density at radius 2 is 2.08 bits per heavy atom. The molecule has 24 heavy (non-hydrogen) atoms. The van der Waals surface area contributed by atoms with Crippen LogP contribution in [0.15, 0.2) is 24.3 Å². The van der Waals surface area contributed by atoms with Gasteiger partial charge in [0.15, 0.2) is 0 Å². The third-order valence-corrected chi connectivity index (χ3v) is 5.13. The number of rotatable bonds is 3. The minimum absolute atomic E-state index is 0.0366. The fourth-order valence-electron chi connectivity index (χ4n) is 4.00. The van der Waals surface area contributed by atoms with E-state index in [4.69, 9.17) is 4.74 Å². The van der Waals surface area contributed by atoms with Crippen LogP contribution in [0.1, 0.15) is 54.8 Å². The van der Waals surface area contributed by atoms with Crippen LogP contribution in [-0.4, -0.2) is 21.8 Å². The summed E-state index contributed by atoms with van der Waals surface area (Å²) in [7, 11) is 1.87. The Labute approximate surface area is 142 Å². The zero-order valence-electron chi connectivity index (χ0n) is 14.2. The monoisotopic (exact) mass is 325 g/mol. The van der Waals surface area contributed by atoms with Gasteiger partial charge in [0.2, 0.25) is 5.91 Å². The van der Waals surface area contributed by atoms with E-state index in [-0.39, 0.29) is 11.8 Å². The van der Waals surface area contributed by atoms with Crippen molar-refractivity contribution in [3.8, 4) is 5.75 Å². The maximum absolute atomic E-state index is 12.2. The quantitative estimate of drug-likeness (QED) is 0.939. The van der Waals surface area contributed by atoms with Crippen molar-refractivity contribution in [2.24, 2.45) is 7.05 Å². The first-order chi connectivity index (χ1) is 11.6. The molecule has 1 N–H and O–H groups in total. The first kappa shape index (κ1) is 15.2. The topological polar surface area (TPSA) is 56.2 Å². The summed E-state index contributed by atoms with van der Waals surface area (Å²) >= 11 is 0. The number of benzene rings is 1.